The zero-order valence-corrected chi connectivity index (χ0v) is 14.3. The number of esters is 2. The number of likely N-dealkylation sites (N-methyl/N-ethyl adjacent to an activating group) is 1. The Kier molecular flexibility index (Phi) is 3.96. The predicted octanol–water partition coefficient (Wildman–Crippen LogP) is 2.63. The van der Waals surface area contributed by atoms with E-state index in [9.17, 15) is 9.59 Å². The van der Waals surface area contributed by atoms with Crippen molar-refractivity contribution >= 4 is 22.7 Å². The van der Waals surface area contributed by atoms with Gasteiger partial charge in [0.1, 0.15) is 12.0 Å². The van der Waals surface area contributed by atoms with Gasteiger partial charge in [-0.25, -0.2) is 4.79 Å². The molecule has 4 atom stereocenters. The Morgan fingerprint density at radius 3 is 2.56 bits per heavy atom. The van der Waals surface area contributed by atoms with E-state index in [1.165, 1.54) is 7.11 Å². The molecule has 2 saturated heterocycles. The highest BCUT2D eigenvalue weighted by molar-refractivity contribution is 6.04. The molecule has 0 unspecified atom stereocenters. The highest BCUT2D eigenvalue weighted by Gasteiger charge is 2.57. The number of hydrogen-bond acceptors (Lipinski definition) is 5. The Morgan fingerprint density at radius 2 is 1.76 bits per heavy atom. The number of hydrogen-bond donors (Lipinski definition) is 0. The van der Waals surface area contributed by atoms with E-state index >= 15 is 0 Å². The fraction of sp³-hybridized carbons (Fsp3) is 0.400. The third kappa shape index (κ3) is 2.50. The highest BCUT2D eigenvalue weighted by Crippen LogP contribution is 2.43. The van der Waals surface area contributed by atoms with Crippen LogP contribution in [0.5, 0.6) is 0 Å². The molecule has 2 heterocycles. The Bertz CT molecular complexity index is 828. The quantitative estimate of drug-likeness (QED) is 0.805. The monoisotopic (exact) mass is 339 g/mol. The molecule has 0 saturated carbocycles. The van der Waals surface area contributed by atoms with E-state index in [1.54, 1.807) is 6.07 Å². The smallest absolute Gasteiger partial charge is 0.339 e. The topological polar surface area (TPSA) is 55.8 Å². The van der Waals surface area contributed by atoms with Crippen LogP contribution in [-0.4, -0.2) is 49.2 Å². The van der Waals surface area contributed by atoms with Gasteiger partial charge in [-0.3, -0.25) is 9.69 Å². The van der Waals surface area contributed by atoms with Gasteiger partial charge in [0.2, 0.25) is 0 Å². The van der Waals surface area contributed by atoms with Crippen LogP contribution in [0.25, 0.3) is 10.8 Å². The lowest BCUT2D eigenvalue weighted by molar-refractivity contribution is -0.150. The van der Waals surface area contributed by atoms with Gasteiger partial charge >= 0.3 is 11.9 Å². The van der Waals surface area contributed by atoms with Gasteiger partial charge in [-0.05, 0) is 36.7 Å². The van der Waals surface area contributed by atoms with E-state index in [0.717, 1.165) is 23.6 Å². The van der Waals surface area contributed by atoms with Crippen LogP contribution in [0.3, 0.4) is 0 Å². The minimum Gasteiger partial charge on any atom is -0.469 e. The van der Waals surface area contributed by atoms with Crippen molar-refractivity contribution in [2.75, 3.05) is 14.2 Å². The first-order chi connectivity index (χ1) is 12.1. The maximum absolute atomic E-state index is 12.9. The average Bonchev–Trinajstić information content (AvgIpc) is 3.13. The van der Waals surface area contributed by atoms with Crippen molar-refractivity contribution in [3.63, 3.8) is 0 Å². The van der Waals surface area contributed by atoms with Crippen molar-refractivity contribution in [1.29, 1.82) is 0 Å². The summed E-state index contributed by atoms with van der Waals surface area (Å²) in [6, 6.07) is 13.5. The van der Waals surface area contributed by atoms with Crippen LogP contribution in [0, 0.1) is 5.92 Å². The summed E-state index contributed by atoms with van der Waals surface area (Å²) in [6.07, 6.45) is 1.41. The van der Waals surface area contributed by atoms with E-state index in [4.69, 9.17) is 9.47 Å². The molecule has 0 aromatic heterocycles. The SMILES string of the molecule is COC(=O)[C@H]1[C@H](OC(=O)c2cccc3ccccc23)[C@@H]2CC[C@H]1N2C. The van der Waals surface area contributed by atoms with Gasteiger partial charge in [-0.1, -0.05) is 36.4 Å². The molecule has 0 aliphatic carbocycles. The minimum atomic E-state index is -0.456. The first-order valence-electron chi connectivity index (χ1n) is 8.60. The normalized spacial score (nSPS) is 28.2. The molecule has 5 heteroatoms. The zero-order chi connectivity index (χ0) is 17.6. The molecular formula is C20H21NO4. The minimum absolute atomic E-state index is 0.0769. The number of carbonyl (C=O) groups excluding carboxylic acids is 2. The fourth-order valence-electron chi connectivity index (χ4n) is 4.45. The Morgan fingerprint density at radius 1 is 1.04 bits per heavy atom. The van der Waals surface area contributed by atoms with Crippen molar-refractivity contribution in [1.82, 2.24) is 4.90 Å². The summed E-state index contributed by atoms with van der Waals surface area (Å²) in [4.78, 5) is 27.3. The molecule has 0 amide bonds. The van der Waals surface area contributed by atoms with Gasteiger partial charge in [0.05, 0.1) is 12.7 Å². The van der Waals surface area contributed by atoms with Crippen LogP contribution < -0.4 is 0 Å². The van der Waals surface area contributed by atoms with Gasteiger partial charge in [-0.15, -0.1) is 0 Å². The number of methoxy groups -OCH3 is 1. The Balaban J connectivity index is 1.64. The summed E-state index contributed by atoms with van der Waals surface area (Å²) in [5, 5.41) is 1.85. The van der Waals surface area contributed by atoms with Crippen molar-refractivity contribution in [3.05, 3.63) is 48.0 Å². The molecule has 4 rings (SSSR count). The first kappa shape index (κ1) is 16.1. The summed E-state index contributed by atoms with van der Waals surface area (Å²) in [7, 11) is 3.38. The second kappa shape index (κ2) is 6.15. The lowest BCUT2D eigenvalue weighted by Crippen LogP contribution is -2.41. The van der Waals surface area contributed by atoms with E-state index in [0.29, 0.717) is 5.56 Å². The van der Waals surface area contributed by atoms with Gasteiger partial charge in [-0.2, -0.15) is 0 Å². The molecule has 2 aromatic rings. The zero-order valence-electron chi connectivity index (χ0n) is 14.3. The molecule has 2 fully saturated rings. The summed E-state index contributed by atoms with van der Waals surface area (Å²) in [5.41, 5.74) is 0.534. The van der Waals surface area contributed by atoms with Gasteiger partial charge < -0.3 is 9.47 Å². The molecule has 0 spiro atoms. The lowest BCUT2D eigenvalue weighted by atomic mass is 9.86. The summed E-state index contributed by atoms with van der Waals surface area (Å²) < 4.78 is 10.8. The molecule has 2 aliphatic heterocycles. The average molecular weight is 339 g/mol. The molecule has 130 valence electrons. The number of carbonyl (C=O) groups is 2. The van der Waals surface area contributed by atoms with Gasteiger partial charge in [0.15, 0.2) is 0 Å². The molecule has 2 aromatic carbocycles. The fourth-order valence-corrected chi connectivity index (χ4v) is 4.45. The van der Waals surface area contributed by atoms with Crippen LogP contribution in [0.1, 0.15) is 23.2 Å². The maximum Gasteiger partial charge on any atom is 0.339 e. The molecule has 2 aliphatic rings. The van der Waals surface area contributed by atoms with E-state index in [2.05, 4.69) is 4.90 Å². The molecule has 25 heavy (non-hydrogen) atoms. The Labute approximate surface area is 146 Å². The van der Waals surface area contributed by atoms with Crippen LogP contribution in [0.2, 0.25) is 0 Å². The Hall–Kier alpha value is -2.40. The lowest BCUT2D eigenvalue weighted by Gasteiger charge is -2.27. The number of nitrogens with zero attached hydrogens (tertiary/aromatic N) is 1. The van der Waals surface area contributed by atoms with Crippen LogP contribution in [0.4, 0.5) is 0 Å². The summed E-state index contributed by atoms with van der Waals surface area (Å²) in [5.74, 6) is -1.08. The predicted molar refractivity (Wildman–Crippen MR) is 93.2 cm³/mol. The molecular weight excluding hydrogens is 318 g/mol. The van der Waals surface area contributed by atoms with Gasteiger partial charge in [0.25, 0.3) is 0 Å². The first-order valence-corrected chi connectivity index (χ1v) is 8.60. The molecule has 5 nitrogen and oxygen atoms in total. The summed E-state index contributed by atoms with van der Waals surface area (Å²) >= 11 is 0. The third-order valence-corrected chi connectivity index (χ3v) is 5.68. The summed E-state index contributed by atoms with van der Waals surface area (Å²) in [6.45, 7) is 0. The van der Waals surface area contributed by atoms with E-state index < -0.39 is 12.0 Å². The van der Waals surface area contributed by atoms with Crippen molar-refractivity contribution < 1.29 is 19.1 Å². The van der Waals surface area contributed by atoms with Crippen LogP contribution >= 0.6 is 0 Å². The number of ether oxygens (including phenoxy) is 2. The largest absolute Gasteiger partial charge is 0.469 e. The molecule has 0 radical (unpaired) electrons. The van der Waals surface area contributed by atoms with Crippen LogP contribution in [-0.2, 0) is 14.3 Å². The number of rotatable bonds is 3. The van der Waals surface area contributed by atoms with Gasteiger partial charge in [0, 0.05) is 12.1 Å². The van der Waals surface area contributed by atoms with Crippen molar-refractivity contribution in [3.8, 4) is 0 Å². The second-order valence-corrected chi connectivity index (χ2v) is 6.82. The van der Waals surface area contributed by atoms with E-state index in [-0.39, 0.29) is 24.0 Å². The van der Waals surface area contributed by atoms with Crippen molar-refractivity contribution in [2.24, 2.45) is 5.92 Å². The van der Waals surface area contributed by atoms with Crippen molar-refractivity contribution in [2.45, 2.75) is 31.0 Å². The third-order valence-electron chi connectivity index (χ3n) is 5.68. The standard InChI is InChI=1S/C20H21NO4/c1-21-15-10-11-16(21)18(17(15)20(23)24-2)25-19(22)14-9-5-7-12-6-3-4-8-13(12)14/h3-9,15-18H,10-11H2,1-2H3/t15-,16+,17-,18-/m1/s1. The number of benzene rings is 2. The molecule has 2 bridgehead atoms. The highest BCUT2D eigenvalue weighted by atomic mass is 16.6. The second-order valence-electron chi connectivity index (χ2n) is 6.82. The number of fused-ring (bicyclic) bond motifs is 3. The van der Waals surface area contributed by atoms with Crippen LogP contribution in [0.15, 0.2) is 42.5 Å². The molecule has 0 N–H and O–H groups in total. The van der Waals surface area contributed by atoms with E-state index in [1.807, 2.05) is 43.4 Å². The maximum atomic E-state index is 12.9.